The minimum absolute atomic E-state index is 0.462. The van der Waals surface area contributed by atoms with Gasteiger partial charge in [-0.05, 0) is 51.4 Å². The Kier molecular flexibility index (Phi) is 10.8. The topological polar surface area (TPSA) is 26.0 Å². The summed E-state index contributed by atoms with van der Waals surface area (Å²) in [5.74, 6) is 0. The van der Waals surface area contributed by atoms with Crippen LogP contribution in [-0.4, -0.2) is 6.54 Å². The van der Waals surface area contributed by atoms with Gasteiger partial charge in [0.15, 0.2) is 0 Å². The third kappa shape index (κ3) is 6.74. The molecule has 20 heavy (non-hydrogen) atoms. The highest BCUT2D eigenvalue weighted by molar-refractivity contribution is 5.13. The summed E-state index contributed by atoms with van der Waals surface area (Å²) < 4.78 is 0. The highest BCUT2D eigenvalue weighted by Crippen LogP contribution is 2.42. The van der Waals surface area contributed by atoms with Crippen molar-refractivity contribution in [3.63, 3.8) is 0 Å². The number of hydrogen-bond acceptors (Lipinski definition) is 1. The minimum Gasteiger partial charge on any atom is -0.327 e. The van der Waals surface area contributed by atoms with Crippen LogP contribution in [-0.2, 0) is 0 Å². The Morgan fingerprint density at radius 3 is 1.80 bits per heavy atom. The Balaban J connectivity index is 4.82. The molecule has 0 atom stereocenters. The highest BCUT2D eigenvalue weighted by Gasteiger charge is 2.28. The zero-order chi connectivity index (χ0) is 15.4. The standard InChI is InChI=1S/C19H37N/c1-6-13-19(14-7-2,15-8-3)18(5)11-9-10-17(4)12-16-20/h11-12H,6-10,13-16,20H2,1-5H3/b17-12+,18-11+. The summed E-state index contributed by atoms with van der Waals surface area (Å²) >= 11 is 0. The first kappa shape index (κ1) is 19.4. The van der Waals surface area contributed by atoms with Gasteiger partial charge in [-0.25, -0.2) is 0 Å². The van der Waals surface area contributed by atoms with Crippen molar-refractivity contribution >= 4 is 0 Å². The van der Waals surface area contributed by atoms with Gasteiger partial charge in [-0.2, -0.15) is 0 Å². The molecule has 0 rings (SSSR count). The Bertz CT molecular complexity index is 282. The number of nitrogens with two attached hydrogens (primary N) is 1. The maximum atomic E-state index is 5.56. The van der Waals surface area contributed by atoms with Crippen LogP contribution < -0.4 is 5.73 Å². The normalized spacial score (nSPS) is 13.9. The Morgan fingerprint density at radius 1 is 0.900 bits per heavy atom. The molecule has 0 saturated heterocycles. The van der Waals surface area contributed by atoms with E-state index in [9.17, 15) is 0 Å². The van der Waals surface area contributed by atoms with Gasteiger partial charge in [0.2, 0.25) is 0 Å². The predicted octanol–water partition coefficient (Wildman–Crippen LogP) is 6.00. The fourth-order valence-corrected chi connectivity index (χ4v) is 3.44. The van der Waals surface area contributed by atoms with Crippen LogP contribution in [0.4, 0.5) is 0 Å². The lowest BCUT2D eigenvalue weighted by molar-refractivity contribution is 0.266. The Labute approximate surface area is 127 Å². The van der Waals surface area contributed by atoms with Crippen LogP contribution in [0.25, 0.3) is 0 Å². The van der Waals surface area contributed by atoms with E-state index in [0.717, 1.165) is 12.8 Å². The molecule has 0 bridgehead atoms. The summed E-state index contributed by atoms with van der Waals surface area (Å²) in [6.45, 7) is 12.2. The fraction of sp³-hybridized carbons (Fsp3) is 0.789. The van der Waals surface area contributed by atoms with E-state index in [-0.39, 0.29) is 0 Å². The van der Waals surface area contributed by atoms with Crippen LogP contribution >= 0.6 is 0 Å². The van der Waals surface area contributed by atoms with Gasteiger partial charge in [0, 0.05) is 6.54 Å². The molecule has 1 heteroatoms. The third-order valence-electron chi connectivity index (χ3n) is 4.48. The van der Waals surface area contributed by atoms with Gasteiger partial charge < -0.3 is 5.73 Å². The first-order valence-corrected chi connectivity index (χ1v) is 8.59. The second kappa shape index (κ2) is 11.1. The van der Waals surface area contributed by atoms with Crippen molar-refractivity contribution < 1.29 is 0 Å². The number of rotatable bonds is 11. The first-order valence-electron chi connectivity index (χ1n) is 8.59. The quantitative estimate of drug-likeness (QED) is 0.461. The second-order valence-corrected chi connectivity index (χ2v) is 6.24. The van der Waals surface area contributed by atoms with Crippen molar-refractivity contribution in [2.24, 2.45) is 11.1 Å². The summed E-state index contributed by atoms with van der Waals surface area (Å²) in [4.78, 5) is 0. The predicted molar refractivity (Wildman–Crippen MR) is 93.0 cm³/mol. The third-order valence-corrected chi connectivity index (χ3v) is 4.48. The van der Waals surface area contributed by atoms with Crippen LogP contribution in [0.2, 0.25) is 0 Å². The lowest BCUT2D eigenvalue weighted by Gasteiger charge is -2.35. The van der Waals surface area contributed by atoms with Gasteiger partial charge in [0.1, 0.15) is 0 Å². The molecular formula is C19H37N. The Morgan fingerprint density at radius 2 is 1.40 bits per heavy atom. The molecule has 0 aromatic carbocycles. The van der Waals surface area contributed by atoms with Gasteiger partial charge >= 0.3 is 0 Å². The van der Waals surface area contributed by atoms with E-state index >= 15 is 0 Å². The van der Waals surface area contributed by atoms with Crippen molar-refractivity contribution in [3.8, 4) is 0 Å². The highest BCUT2D eigenvalue weighted by atomic mass is 14.5. The second-order valence-electron chi connectivity index (χ2n) is 6.24. The lowest BCUT2D eigenvalue weighted by atomic mass is 9.70. The molecule has 0 unspecified atom stereocenters. The van der Waals surface area contributed by atoms with E-state index in [1.54, 1.807) is 5.57 Å². The summed E-state index contributed by atoms with van der Waals surface area (Å²) in [6, 6.07) is 0. The maximum absolute atomic E-state index is 5.56. The molecule has 0 aliphatic rings. The molecule has 0 fully saturated rings. The SMILES string of the molecule is CCCC(CCC)(CCC)/C(C)=C/CC/C(C)=C/CN. The summed E-state index contributed by atoms with van der Waals surface area (Å²) in [6.07, 6.45) is 14.8. The molecule has 0 saturated carbocycles. The molecule has 0 aromatic heterocycles. The molecule has 0 aliphatic carbocycles. The molecule has 1 nitrogen and oxygen atoms in total. The van der Waals surface area contributed by atoms with Crippen LogP contribution in [0.3, 0.4) is 0 Å². The molecule has 0 spiro atoms. The van der Waals surface area contributed by atoms with Crippen LogP contribution in [0.5, 0.6) is 0 Å². The van der Waals surface area contributed by atoms with Crippen molar-refractivity contribution in [1.29, 1.82) is 0 Å². The molecule has 2 N–H and O–H groups in total. The largest absolute Gasteiger partial charge is 0.327 e. The molecule has 0 aromatic rings. The lowest BCUT2D eigenvalue weighted by Crippen LogP contribution is -2.22. The molecule has 0 aliphatic heterocycles. The molecule has 0 amide bonds. The minimum atomic E-state index is 0.462. The molecular weight excluding hydrogens is 242 g/mol. The number of allylic oxidation sites excluding steroid dienone is 3. The molecule has 118 valence electrons. The van der Waals surface area contributed by atoms with E-state index < -0.39 is 0 Å². The average molecular weight is 280 g/mol. The van der Waals surface area contributed by atoms with Crippen molar-refractivity contribution in [1.82, 2.24) is 0 Å². The van der Waals surface area contributed by atoms with Gasteiger partial charge in [-0.15, -0.1) is 0 Å². The van der Waals surface area contributed by atoms with Crippen LogP contribution in [0, 0.1) is 5.41 Å². The fourth-order valence-electron chi connectivity index (χ4n) is 3.44. The molecule has 0 radical (unpaired) electrons. The van der Waals surface area contributed by atoms with Gasteiger partial charge in [0.25, 0.3) is 0 Å². The monoisotopic (exact) mass is 279 g/mol. The van der Waals surface area contributed by atoms with E-state index in [0.29, 0.717) is 12.0 Å². The smallest absolute Gasteiger partial charge is 0.0109 e. The van der Waals surface area contributed by atoms with Crippen molar-refractivity contribution in [2.45, 2.75) is 86.0 Å². The van der Waals surface area contributed by atoms with E-state index in [1.807, 2.05) is 0 Å². The zero-order valence-electron chi connectivity index (χ0n) is 14.6. The summed E-state index contributed by atoms with van der Waals surface area (Å²) in [5.41, 5.74) is 9.07. The van der Waals surface area contributed by atoms with Gasteiger partial charge in [0.05, 0.1) is 0 Å². The average Bonchev–Trinajstić information content (AvgIpc) is 2.39. The zero-order valence-corrected chi connectivity index (χ0v) is 14.6. The van der Waals surface area contributed by atoms with Crippen molar-refractivity contribution in [2.75, 3.05) is 6.54 Å². The maximum Gasteiger partial charge on any atom is 0.0109 e. The van der Waals surface area contributed by atoms with E-state index in [4.69, 9.17) is 5.73 Å². The van der Waals surface area contributed by atoms with Gasteiger partial charge in [-0.3, -0.25) is 0 Å². The molecule has 0 heterocycles. The van der Waals surface area contributed by atoms with Crippen LogP contribution in [0.1, 0.15) is 86.0 Å². The van der Waals surface area contributed by atoms with E-state index in [1.165, 1.54) is 44.1 Å². The summed E-state index contributed by atoms with van der Waals surface area (Å²) in [5, 5.41) is 0. The van der Waals surface area contributed by atoms with Crippen molar-refractivity contribution in [3.05, 3.63) is 23.3 Å². The summed E-state index contributed by atoms with van der Waals surface area (Å²) in [7, 11) is 0. The number of hydrogen-bond donors (Lipinski definition) is 1. The van der Waals surface area contributed by atoms with Crippen LogP contribution in [0.15, 0.2) is 23.3 Å². The first-order chi connectivity index (χ1) is 9.56. The van der Waals surface area contributed by atoms with E-state index in [2.05, 4.69) is 46.8 Å². The Hall–Kier alpha value is -0.560. The van der Waals surface area contributed by atoms with Gasteiger partial charge in [-0.1, -0.05) is 63.3 Å².